The molecule has 1 aromatic carbocycles. The van der Waals surface area contributed by atoms with Crippen LogP contribution in [-0.4, -0.2) is 10.7 Å². The minimum absolute atomic E-state index is 0.0725. The van der Waals surface area contributed by atoms with Gasteiger partial charge in [0.05, 0.1) is 23.0 Å². The smallest absolute Gasteiger partial charge is 0.315 e. The Bertz CT molecular complexity index is 345. The lowest BCUT2D eigenvalue weighted by Crippen LogP contribution is -1.93. The first kappa shape index (κ1) is 10.8. The third-order valence-electron chi connectivity index (χ3n) is 1.38. The third-order valence-corrected chi connectivity index (χ3v) is 1.92. The normalized spacial score (nSPS) is 9.86. The van der Waals surface area contributed by atoms with Gasteiger partial charge in [-0.3, -0.25) is 10.1 Å². The van der Waals surface area contributed by atoms with Crippen molar-refractivity contribution in [3.63, 3.8) is 0 Å². The molecule has 0 saturated carbocycles. The Hall–Kier alpha value is -1.30. The summed E-state index contributed by atoms with van der Waals surface area (Å²) in [6.07, 6.45) is 0. The molecule has 0 unspecified atom stereocenters. The van der Waals surface area contributed by atoms with Crippen LogP contribution in [0.2, 0.25) is 0 Å². The number of halogens is 1. The molecule has 76 valence electrons. The fraction of sp³-hybridized carbons (Fsp3) is 0.250. The molecule has 1 aromatic rings. The summed E-state index contributed by atoms with van der Waals surface area (Å²) in [6, 6.07) is 3.21. The summed E-state index contributed by atoms with van der Waals surface area (Å²) in [5, 5.41) is 10.5. The van der Waals surface area contributed by atoms with Gasteiger partial charge in [0.2, 0.25) is 5.75 Å². The number of nitrogens with zero attached hydrogens (tertiary/aromatic N) is 1. The zero-order valence-electron chi connectivity index (χ0n) is 7.40. The Labute approximate surface area is 84.4 Å². The molecule has 14 heavy (non-hydrogen) atoms. The van der Waals surface area contributed by atoms with Gasteiger partial charge in [-0.2, -0.15) is 0 Å². The lowest BCUT2D eigenvalue weighted by atomic mass is 10.3. The van der Waals surface area contributed by atoms with E-state index in [2.05, 4.69) is 0 Å². The molecule has 0 fully saturated rings. The summed E-state index contributed by atoms with van der Waals surface area (Å²) in [5.41, 5.74) is -0.356. The predicted molar refractivity (Wildman–Crippen MR) is 51.8 cm³/mol. The summed E-state index contributed by atoms with van der Waals surface area (Å²) in [6.45, 7) is 1.85. The second kappa shape index (κ2) is 4.80. The summed E-state index contributed by atoms with van der Waals surface area (Å²) < 4.78 is 17.7. The van der Waals surface area contributed by atoms with E-state index in [0.717, 1.165) is 24.2 Å². The highest BCUT2D eigenvalue weighted by Crippen LogP contribution is 2.29. The Morgan fingerprint density at radius 2 is 2.36 bits per heavy atom. The van der Waals surface area contributed by atoms with E-state index in [1.807, 2.05) is 6.92 Å². The lowest BCUT2D eigenvalue weighted by Gasteiger charge is -2.02. The van der Waals surface area contributed by atoms with Gasteiger partial charge in [0.15, 0.2) is 0 Å². The molecule has 0 N–H and O–H groups in total. The first-order chi connectivity index (χ1) is 6.65. The summed E-state index contributed by atoms with van der Waals surface area (Å²) in [4.78, 5) is 9.81. The van der Waals surface area contributed by atoms with Gasteiger partial charge in [0, 0.05) is 5.75 Å². The molecule has 0 aromatic heterocycles. The highest BCUT2D eigenvalue weighted by Gasteiger charge is 2.16. The van der Waals surface area contributed by atoms with Gasteiger partial charge in [-0.1, -0.05) is 6.92 Å². The first-order valence-corrected chi connectivity index (χ1v) is 4.79. The van der Waals surface area contributed by atoms with Crippen LogP contribution in [0.3, 0.4) is 0 Å². The maximum atomic E-state index is 12.7. The maximum absolute atomic E-state index is 12.7. The molecule has 0 aliphatic heterocycles. The summed E-state index contributed by atoms with van der Waals surface area (Å²) >= 11 is 1.07. The van der Waals surface area contributed by atoms with Crippen LogP contribution < -0.4 is 4.18 Å². The van der Waals surface area contributed by atoms with Crippen LogP contribution in [-0.2, 0) is 0 Å². The fourth-order valence-corrected chi connectivity index (χ4v) is 1.21. The molecule has 0 aliphatic rings. The molecule has 0 aliphatic carbocycles. The molecule has 0 spiro atoms. The zero-order valence-corrected chi connectivity index (χ0v) is 8.21. The van der Waals surface area contributed by atoms with Crippen LogP contribution in [0, 0.1) is 15.9 Å². The highest BCUT2D eigenvalue weighted by molar-refractivity contribution is 7.94. The van der Waals surface area contributed by atoms with E-state index < -0.39 is 10.7 Å². The number of hydrogen-bond donors (Lipinski definition) is 0. The number of benzene rings is 1. The van der Waals surface area contributed by atoms with E-state index in [4.69, 9.17) is 4.18 Å². The Morgan fingerprint density at radius 1 is 1.64 bits per heavy atom. The van der Waals surface area contributed by atoms with Crippen LogP contribution >= 0.6 is 12.0 Å². The van der Waals surface area contributed by atoms with Crippen molar-refractivity contribution in [2.24, 2.45) is 0 Å². The minimum Gasteiger partial charge on any atom is -0.419 e. The molecule has 0 heterocycles. The van der Waals surface area contributed by atoms with Crippen molar-refractivity contribution in [2.75, 3.05) is 5.75 Å². The number of hydrogen-bond acceptors (Lipinski definition) is 4. The lowest BCUT2D eigenvalue weighted by molar-refractivity contribution is -0.385. The van der Waals surface area contributed by atoms with Crippen LogP contribution in [0.4, 0.5) is 10.1 Å². The van der Waals surface area contributed by atoms with Gasteiger partial charge >= 0.3 is 5.69 Å². The average molecular weight is 217 g/mol. The average Bonchev–Trinajstić information content (AvgIpc) is 2.15. The van der Waals surface area contributed by atoms with E-state index in [-0.39, 0.29) is 11.4 Å². The predicted octanol–water partition coefficient (Wildman–Crippen LogP) is 2.78. The van der Waals surface area contributed by atoms with Crippen molar-refractivity contribution in [1.82, 2.24) is 0 Å². The quantitative estimate of drug-likeness (QED) is 0.442. The second-order valence-electron chi connectivity index (χ2n) is 2.36. The Kier molecular flexibility index (Phi) is 3.70. The molecular formula is C8H8FNO3S. The first-order valence-electron chi connectivity index (χ1n) is 3.88. The molecule has 1 rings (SSSR count). The number of rotatable bonds is 4. The van der Waals surface area contributed by atoms with Crippen molar-refractivity contribution in [1.29, 1.82) is 0 Å². The number of nitro benzene ring substituents is 1. The monoisotopic (exact) mass is 217 g/mol. The van der Waals surface area contributed by atoms with Gasteiger partial charge in [-0.25, -0.2) is 4.39 Å². The van der Waals surface area contributed by atoms with Gasteiger partial charge in [-0.15, -0.1) is 0 Å². The van der Waals surface area contributed by atoms with Crippen LogP contribution in [0.25, 0.3) is 0 Å². The molecule has 0 bridgehead atoms. The van der Waals surface area contributed by atoms with E-state index in [1.54, 1.807) is 0 Å². The third kappa shape index (κ3) is 2.59. The molecule has 0 saturated heterocycles. The summed E-state index contributed by atoms with van der Waals surface area (Å²) in [5.74, 6) is 0.0861. The molecule has 0 radical (unpaired) electrons. The SMILES string of the molecule is CCSOc1ccc(F)cc1[N+](=O)[O-]. The van der Waals surface area contributed by atoms with Gasteiger partial charge in [0.25, 0.3) is 0 Å². The van der Waals surface area contributed by atoms with E-state index in [9.17, 15) is 14.5 Å². The molecular weight excluding hydrogens is 209 g/mol. The van der Waals surface area contributed by atoms with E-state index in [0.29, 0.717) is 5.75 Å². The highest BCUT2D eigenvalue weighted by atomic mass is 32.2. The van der Waals surface area contributed by atoms with Crippen LogP contribution in [0.5, 0.6) is 5.75 Å². The molecule has 6 heteroatoms. The van der Waals surface area contributed by atoms with Gasteiger partial charge < -0.3 is 4.18 Å². The van der Waals surface area contributed by atoms with E-state index >= 15 is 0 Å². The largest absolute Gasteiger partial charge is 0.419 e. The topological polar surface area (TPSA) is 52.4 Å². The van der Waals surface area contributed by atoms with Crippen molar-refractivity contribution in [3.05, 3.63) is 34.1 Å². The Morgan fingerprint density at radius 3 is 2.93 bits per heavy atom. The van der Waals surface area contributed by atoms with Crippen LogP contribution in [0.15, 0.2) is 18.2 Å². The van der Waals surface area contributed by atoms with Crippen molar-refractivity contribution < 1.29 is 13.5 Å². The maximum Gasteiger partial charge on any atom is 0.315 e. The molecule has 4 nitrogen and oxygen atoms in total. The van der Waals surface area contributed by atoms with Gasteiger partial charge in [-0.05, 0) is 12.1 Å². The van der Waals surface area contributed by atoms with Crippen molar-refractivity contribution in [2.45, 2.75) is 6.92 Å². The Balaban J connectivity index is 2.96. The standard InChI is InChI=1S/C8H8FNO3S/c1-2-14-13-8-4-3-6(9)5-7(8)10(11)12/h3-5H,2H2,1H3. The second-order valence-corrected chi connectivity index (χ2v) is 3.34. The van der Waals surface area contributed by atoms with Crippen LogP contribution in [0.1, 0.15) is 6.92 Å². The fourth-order valence-electron chi connectivity index (χ4n) is 0.826. The van der Waals surface area contributed by atoms with Crippen molar-refractivity contribution in [3.8, 4) is 5.75 Å². The zero-order chi connectivity index (χ0) is 10.6. The molecule has 0 atom stereocenters. The number of nitro groups is 1. The summed E-state index contributed by atoms with van der Waals surface area (Å²) in [7, 11) is 0. The molecule has 0 amide bonds. The minimum atomic E-state index is -0.672. The van der Waals surface area contributed by atoms with E-state index in [1.165, 1.54) is 6.07 Å². The van der Waals surface area contributed by atoms with Crippen molar-refractivity contribution >= 4 is 17.7 Å². The van der Waals surface area contributed by atoms with Gasteiger partial charge in [0.1, 0.15) is 5.82 Å².